The van der Waals surface area contributed by atoms with E-state index >= 15 is 0 Å². The van der Waals surface area contributed by atoms with Crippen LogP contribution in [0.15, 0.2) is 64.7 Å². The number of carbonyl (C=O) groups excluding carboxylic acids is 1. The Bertz CT molecular complexity index is 1600. The van der Waals surface area contributed by atoms with E-state index in [1.807, 2.05) is 43.3 Å². The van der Waals surface area contributed by atoms with Crippen molar-refractivity contribution in [1.29, 1.82) is 0 Å². The molecule has 5 rings (SSSR count). The molecule has 0 aliphatic rings. The Morgan fingerprint density at radius 2 is 1.89 bits per heavy atom. The van der Waals surface area contributed by atoms with Crippen molar-refractivity contribution in [2.75, 3.05) is 18.2 Å². The molecule has 178 valence electrons. The maximum absolute atomic E-state index is 13.4. The summed E-state index contributed by atoms with van der Waals surface area (Å²) in [5.74, 6) is 0.851. The molecule has 0 unspecified atom stereocenters. The lowest BCUT2D eigenvalue weighted by Crippen LogP contribution is -2.25. The number of carbonyl (C=O) groups is 1. The Labute approximate surface area is 204 Å². The Morgan fingerprint density at radius 3 is 2.66 bits per heavy atom. The standard InChI is InChI=1S/C24H23N7O3S/c1-15-8-10-16(11-9-15)13-30-22(33)21-18(12-25-29(21)2)31-23(30)27-28-24(31)35-14-20(32)26-17-6-4-5-7-19(17)34-3/h4-12H,13-14H2,1-3H3,(H,26,32). The SMILES string of the molecule is COc1ccccc1NC(=O)CSc1nnc2n(Cc3ccc(C)cc3)c(=O)c3c(cnn3C)n12. The summed E-state index contributed by atoms with van der Waals surface area (Å²) in [5, 5.41) is 16.2. The lowest BCUT2D eigenvalue weighted by atomic mass is 10.1. The number of amides is 1. The molecule has 35 heavy (non-hydrogen) atoms. The number of para-hydroxylation sites is 2. The fourth-order valence-electron chi connectivity index (χ4n) is 3.88. The Balaban J connectivity index is 1.49. The highest BCUT2D eigenvalue weighted by molar-refractivity contribution is 7.99. The summed E-state index contributed by atoms with van der Waals surface area (Å²) in [7, 11) is 3.28. The molecule has 0 saturated carbocycles. The molecule has 11 heteroatoms. The molecule has 0 aliphatic heterocycles. The molecule has 0 aliphatic carbocycles. The maximum Gasteiger partial charge on any atom is 0.281 e. The molecule has 0 spiro atoms. The van der Waals surface area contributed by atoms with Crippen molar-refractivity contribution in [2.45, 2.75) is 18.6 Å². The van der Waals surface area contributed by atoms with Gasteiger partial charge in [0.15, 0.2) is 10.7 Å². The van der Waals surface area contributed by atoms with Crippen LogP contribution in [0.5, 0.6) is 5.75 Å². The fraction of sp³-hybridized carbons (Fsp3) is 0.208. The first kappa shape index (κ1) is 22.7. The minimum absolute atomic E-state index is 0.0949. The van der Waals surface area contributed by atoms with E-state index in [4.69, 9.17) is 4.74 Å². The van der Waals surface area contributed by atoms with Gasteiger partial charge in [0.1, 0.15) is 11.3 Å². The van der Waals surface area contributed by atoms with Gasteiger partial charge in [-0.15, -0.1) is 10.2 Å². The molecule has 0 saturated heterocycles. The molecule has 10 nitrogen and oxygen atoms in total. The van der Waals surface area contributed by atoms with E-state index in [0.717, 1.165) is 11.1 Å². The molecule has 0 bridgehead atoms. The van der Waals surface area contributed by atoms with Crippen LogP contribution >= 0.6 is 11.8 Å². The molecule has 5 aromatic rings. The van der Waals surface area contributed by atoms with Crippen molar-refractivity contribution in [1.82, 2.24) is 28.9 Å². The van der Waals surface area contributed by atoms with Crippen molar-refractivity contribution in [3.05, 3.63) is 76.2 Å². The summed E-state index contributed by atoms with van der Waals surface area (Å²) in [5.41, 5.74) is 3.52. The van der Waals surface area contributed by atoms with Crippen molar-refractivity contribution in [3.8, 4) is 5.75 Å². The molecule has 1 N–H and O–H groups in total. The smallest absolute Gasteiger partial charge is 0.281 e. The van der Waals surface area contributed by atoms with Gasteiger partial charge in [-0.2, -0.15) is 5.10 Å². The van der Waals surface area contributed by atoms with E-state index < -0.39 is 0 Å². The summed E-state index contributed by atoms with van der Waals surface area (Å²) in [4.78, 5) is 26.0. The van der Waals surface area contributed by atoms with E-state index in [2.05, 4.69) is 20.6 Å². The summed E-state index contributed by atoms with van der Waals surface area (Å²) in [6.07, 6.45) is 1.61. The first-order chi connectivity index (χ1) is 17.0. The van der Waals surface area contributed by atoms with Gasteiger partial charge in [-0.3, -0.25) is 23.2 Å². The number of methoxy groups -OCH3 is 1. The third-order valence-electron chi connectivity index (χ3n) is 5.64. The van der Waals surface area contributed by atoms with Crippen LogP contribution in [0.3, 0.4) is 0 Å². The number of aryl methyl sites for hydroxylation is 2. The summed E-state index contributed by atoms with van der Waals surface area (Å²) in [6.45, 7) is 2.35. The Morgan fingerprint density at radius 1 is 1.11 bits per heavy atom. The zero-order valence-electron chi connectivity index (χ0n) is 19.4. The summed E-state index contributed by atoms with van der Waals surface area (Å²) in [6, 6.07) is 15.2. The predicted molar refractivity (Wildman–Crippen MR) is 134 cm³/mol. The molecule has 0 radical (unpaired) electrons. The van der Waals surface area contributed by atoms with Crippen LogP contribution in [0.4, 0.5) is 5.69 Å². The van der Waals surface area contributed by atoms with Crippen LogP contribution in [-0.4, -0.2) is 47.7 Å². The van der Waals surface area contributed by atoms with Gasteiger partial charge in [-0.1, -0.05) is 53.7 Å². The number of rotatable bonds is 7. The van der Waals surface area contributed by atoms with Gasteiger partial charge >= 0.3 is 0 Å². The van der Waals surface area contributed by atoms with Crippen LogP contribution < -0.4 is 15.6 Å². The molecule has 1 amide bonds. The fourth-order valence-corrected chi connectivity index (χ4v) is 4.62. The number of nitrogens with one attached hydrogen (secondary N) is 1. The average molecular weight is 490 g/mol. The van der Waals surface area contributed by atoms with E-state index in [1.54, 1.807) is 46.1 Å². The number of hydrogen-bond acceptors (Lipinski definition) is 7. The Kier molecular flexibility index (Phi) is 6.00. The zero-order chi connectivity index (χ0) is 24.5. The van der Waals surface area contributed by atoms with Gasteiger partial charge in [0.2, 0.25) is 11.7 Å². The van der Waals surface area contributed by atoms with Gasteiger partial charge in [-0.25, -0.2) is 0 Å². The van der Waals surface area contributed by atoms with Gasteiger partial charge in [0.25, 0.3) is 5.56 Å². The molecular formula is C24H23N7O3S. The van der Waals surface area contributed by atoms with E-state index in [9.17, 15) is 9.59 Å². The van der Waals surface area contributed by atoms with Gasteiger partial charge in [0.05, 0.1) is 31.3 Å². The molecule has 3 aromatic heterocycles. The van der Waals surface area contributed by atoms with Gasteiger partial charge in [-0.05, 0) is 24.6 Å². The number of hydrogen-bond donors (Lipinski definition) is 1. The quantitative estimate of drug-likeness (QED) is 0.350. The zero-order valence-corrected chi connectivity index (χ0v) is 20.2. The maximum atomic E-state index is 13.4. The van der Waals surface area contributed by atoms with Crippen molar-refractivity contribution < 1.29 is 9.53 Å². The van der Waals surface area contributed by atoms with Crippen molar-refractivity contribution in [3.63, 3.8) is 0 Å². The van der Waals surface area contributed by atoms with Crippen LogP contribution in [0.2, 0.25) is 0 Å². The minimum atomic E-state index is -0.216. The summed E-state index contributed by atoms with van der Waals surface area (Å²) >= 11 is 1.23. The van der Waals surface area contributed by atoms with Gasteiger partial charge in [0, 0.05) is 7.05 Å². The van der Waals surface area contributed by atoms with Crippen LogP contribution in [0.1, 0.15) is 11.1 Å². The third-order valence-corrected chi connectivity index (χ3v) is 6.57. The number of nitrogens with zero attached hydrogens (tertiary/aromatic N) is 6. The van der Waals surface area contributed by atoms with Crippen LogP contribution in [0, 0.1) is 6.92 Å². The van der Waals surface area contributed by atoms with E-state index in [0.29, 0.717) is 39.9 Å². The third kappa shape index (κ3) is 4.26. The van der Waals surface area contributed by atoms with Gasteiger partial charge < -0.3 is 10.1 Å². The Hall–Kier alpha value is -4.12. The monoisotopic (exact) mass is 489 g/mol. The topological polar surface area (TPSA) is 108 Å². The van der Waals surface area contributed by atoms with Crippen molar-refractivity contribution >= 4 is 40.2 Å². The molecule has 0 atom stereocenters. The minimum Gasteiger partial charge on any atom is -0.495 e. The van der Waals surface area contributed by atoms with E-state index in [1.165, 1.54) is 11.8 Å². The number of aromatic nitrogens is 6. The molecule has 2 aromatic carbocycles. The van der Waals surface area contributed by atoms with Crippen LogP contribution in [-0.2, 0) is 18.4 Å². The average Bonchev–Trinajstić information content (AvgIpc) is 3.45. The second-order valence-electron chi connectivity index (χ2n) is 8.03. The highest BCUT2D eigenvalue weighted by Gasteiger charge is 2.20. The lowest BCUT2D eigenvalue weighted by Gasteiger charge is -2.11. The largest absolute Gasteiger partial charge is 0.495 e. The lowest BCUT2D eigenvalue weighted by molar-refractivity contribution is -0.113. The number of benzene rings is 2. The second kappa shape index (κ2) is 9.26. The highest BCUT2D eigenvalue weighted by atomic mass is 32.2. The summed E-state index contributed by atoms with van der Waals surface area (Å²) < 4.78 is 10.2. The second-order valence-corrected chi connectivity index (χ2v) is 8.98. The predicted octanol–water partition coefficient (Wildman–Crippen LogP) is 2.87. The molecule has 0 fully saturated rings. The molecular weight excluding hydrogens is 466 g/mol. The number of fused-ring (bicyclic) bond motifs is 3. The highest BCUT2D eigenvalue weighted by Crippen LogP contribution is 2.25. The number of thioether (sulfide) groups is 1. The number of anilines is 1. The van der Waals surface area contributed by atoms with Crippen molar-refractivity contribution in [2.24, 2.45) is 7.05 Å². The number of ether oxygens (including phenoxy) is 1. The first-order valence-corrected chi connectivity index (χ1v) is 11.9. The van der Waals surface area contributed by atoms with E-state index in [-0.39, 0.29) is 17.2 Å². The molecule has 3 heterocycles. The first-order valence-electron chi connectivity index (χ1n) is 10.9. The normalized spacial score (nSPS) is 11.3. The van der Waals surface area contributed by atoms with Crippen LogP contribution in [0.25, 0.3) is 16.8 Å².